The van der Waals surface area contributed by atoms with E-state index in [4.69, 9.17) is 23.2 Å². The van der Waals surface area contributed by atoms with Crippen LogP contribution < -0.4 is 21.5 Å². The highest BCUT2D eigenvalue weighted by molar-refractivity contribution is 6.42. The van der Waals surface area contributed by atoms with Gasteiger partial charge in [0.1, 0.15) is 0 Å². The molecule has 2 aromatic rings. The molecule has 6 nitrogen and oxygen atoms in total. The maximum Gasteiger partial charge on any atom is 0.337 e. The second kappa shape index (κ2) is 7.71. The van der Waals surface area contributed by atoms with E-state index in [1.165, 1.54) is 6.07 Å². The van der Waals surface area contributed by atoms with Crippen molar-refractivity contribution in [3.05, 3.63) is 58.1 Å². The topological polar surface area (TPSA) is 82.3 Å². The lowest BCUT2D eigenvalue weighted by Crippen LogP contribution is -2.44. The summed E-state index contributed by atoms with van der Waals surface area (Å²) < 4.78 is 0. The maximum absolute atomic E-state index is 12.0. The van der Waals surface area contributed by atoms with E-state index in [1.54, 1.807) is 43.4 Å². The van der Waals surface area contributed by atoms with Gasteiger partial charge in [0, 0.05) is 18.4 Å². The molecule has 23 heavy (non-hydrogen) atoms. The van der Waals surface area contributed by atoms with Crippen molar-refractivity contribution in [3.8, 4) is 0 Å². The molecule has 3 amide bonds. The zero-order chi connectivity index (χ0) is 16.8. The van der Waals surface area contributed by atoms with E-state index < -0.39 is 11.9 Å². The molecule has 0 aromatic heterocycles. The minimum atomic E-state index is -0.612. The van der Waals surface area contributed by atoms with Crippen LogP contribution in [0, 0.1) is 0 Å². The van der Waals surface area contributed by atoms with Gasteiger partial charge in [0.2, 0.25) is 0 Å². The smallest absolute Gasteiger partial charge is 0.337 e. The van der Waals surface area contributed by atoms with Gasteiger partial charge in [-0.3, -0.25) is 10.2 Å². The largest absolute Gasteiger partial charge is 0.387 e. The molecule has 0 aliphatic rings. The van der Waals surface area contributed by atoms with Crippen molar-refractivity contribution in [2.45, 2.75) is 0 Å². The molecular formula is C15H14Cl2N4O2. The van der Waals surface area contributed by atoms with Gasteiger partial charge in [-0.05, 0) is 30.3 Å². The van der Waals surface area contributed by atoms with Crippen molar-refractivity contribution >= 4 is 46.5 Å². The molecule has 0 unspecified atom stereocenters. The van der Waals surface area contributed by atoms with Gasteiger partial charge in [-0.25, -0.2) is 10.2 Å². The van der Waals surface area contributed by atoms with E-state index in [9.17, 15) is 9.59 Å². The Morgan fingerprint density at radius 1 is 0.957 bits per heavy atom. The van der Waals surface area contributed by atoms with Gasteiger partial charge < -0.3 is 10.6 Å². The molecule has 0 spiro atoms. The van der Waals surface area contributed by atoms with Crippen LogP contribution in [0.25, 0.3) is 0 Å². The normalized spacial score (nSPS) is 9.87. The fourth-order valence-corrected chi connectivity index (χ4v) is 2.11. The van der Waals surface area contributed by atoms with Crippen molar-refractivity contribution in [1.82, 2.24) is 10.9 Å². The first kappa shape index (κ1) is 16.9. The zero-order valence-corrected chi connectivity index (χ0v) is 13.6. The van der Waals surface area contributed by atoms with Crippen LogP contribution in [0.15, 0.2) is 42.5 Å². The fraction of sp³-hybridized carbons (Fsp3) is 0.0667. The maximum atomic E-state index is 12.0. The monoisotopic (exact) mass is 352 g/mol. The van der Waals surface area contributed by atoms with Gasteiger partial charge >= 0.3 is 6.03 Å². The number of para-hydroxylation sites is 1. The lowest BCUT2D eigenvalue weighted by Gasteiger charge is -2.11. The molecule has 0 atom stereocenters. The predicted molar refractivity (Wildman–Crippen MR) is 92.1 cm³/mol. The van der Waals surface area contributed by atoms with Crippen molar-refractivity contribution in [1.29, 1.82) is 0 Å². The lowest BCUT2D eigenvalue weighted by molar-refractivity contribution is 0.0938. The Kier molecular flexibility index (Phi) is 5.67. The molecule has 0 heterocycles. The molecule has 0 bridgehead atoms. The van der Waals surface area contributed by atoms with Crippen molar-refractivity contribution in [2.24, 2.45) is 0 Å². The Morgan fingerprint density at radius 2 is 1.70 bits per heavy atom. The average Bonchev–Trinajstić information content (AvgIpc) is 2.56. The Balaban J connectivity index is 1.93. The number of rotatable bonds is 3. The summed E-state index contributed by atoms with van der Waals surface area (Å²) in [7, 11) is 1.70. The van der Waals surface area contributed by atoms with Crippen molar-refractivity contribution < 1.29 is 9.59 Å². The first-order chi connectivity index (χ1) is 11.0. The summed E-state index contributed by atoms with van der Waals surface area (Å²) in [5.41, 5.74) is 6.08. The highest BCUT2D eigenvalue weighted by Crippen LogP contribution is 2.24. The van der Waals surface area contributed by atoms with E-state index in [0.29, 0.717) is 27.0 Å². The third kappa shape index (κ3) is 4.51. The summed E-state index contributed by atoms with van der Waals surface area (Å²) in [6.07, 6.45) is 0. The number of urea groups is 1. The molecule has 0 radical (unpaired) electrons. The van der Waals surface area contributed by atoms with Crippen LogP contribution in [-0.2, 0) is 0 Å². The van der Waals surface area contributed by atoms with Crippen LogP contribution in [0.5, 0.6) is 0 Å². The number of halogens is 2. The summed E-state index contributed by atoms with van der Waals surface area (Å²) in [6, 6.07) is 11.0. The summed E-state index contributed by atoms with van der Waals surface area (Å²) in [6.45, 7) is 0. The fourth-order valence-electron chi connectivity index (χ4n) is 1.82. The summed E-state index contributed by atoms with van der Waals surface area (Å²) in [5, 5.41) is 6.12. The predicted octanol–water partition coefficient (Wildman–Crippen LogP) is 3.50. The molecule has 4 N–H and O–H groups in total. The standard InChI is InChI=1S/C15H14Cl2N4O2/c1-18-13-5-3-2-4-10(13)14(22)20-21-15(23)19-9-6-7-11(16)12(17)8-9/h2-8,18H,1H3,(H,20,22)(H2,19,21,23). The SMILES string of the molecule is CNc1ccccc1C(=O)NNC(=O)Nc1ccc(Cl)c(Cl)c1. The molecule has 120 valence electrons. The minimum Gasteiger partial charge on any atom is -0.387 e. The third-order valence-electron chi connectivity index (χ3n) is 2.91. The van der Waals surface area contributed by atoms with E-state index in [-0.39, 0.29) is 0 Å². The molecule has 0 saturated heterocycles. The molecule has 0 fully saturated rings. The Morgan fingerprint density at radius 3 is 2.39 bits per heavy atom. The molecule has 0 aliphatic carbocycles. The van der Waals surface area contributed by atoms with Crippen LogP contribution in [-0.4, -0.2) is 19.0 Å². The third-order valence-corrected chi connectivity index (χ3v) is 3.65. The minimum absolute atomic E-state index is 0.316. The summed E-state index contributed by atoms with van der Waals surface area (Å²) >= 11 is 11.7. The summed E-state index contributed by atoms with van der Waals surface area (Å²) in [4.78, 5) is 23.8. The molecular weight excluding hydrogens is 339 g/mol. The highest BCUT2D eigenvalue weighted by Gasteiger charge is 2.11. The van der Waals surface area contributed by atoms with E-state index in [1.807, 2.05) is 0 Å². The number of carbonyl (C=O) groups is 2. The zero-order valence-electron chi connectivity index (χ0n) is 12.1. The number of amides is 3. The van der Waals surface area contributed by atoms with Gasteiger partial charge in [0.05, 0.1) is 15.6 Å². The van der Waals surface area contributed by atoms with Gasteiger partial charge in [-0.2, -0.15) is 0 Å². The quantitative estimate of drug-likeness (QED) is 0.638. The number of hydrogen-bond donors (Lipinski definition) is 4. The average molecular weight is 353 g/mol. The second-order valence-corrected chi connectivity index (χ2v) is 5.27. The van der Waals surface area contributed by atoms with Crippen LogP contribution >= 0.6 is 23.2 Å². The number of nitrogens with one attached hydrogen (secondary N) is 4. The van der Waals surface area contributed by atoms with Gasteiger partial charge in [-0.1, -0.05) is 35.3 Å². The Labute approximate surface area is 143 Å². The Bertz CT molecular complexity index is 737. The van der Waals surface area contributed by atoms with Crippen LogP contribution in [0.1, 0.15) is 10.4 Å². The first-order valence-corrected chi connectivity index (χ1v) is 7.36. The van der Waals surface area contributed by atoms with E-state index in [0.717, 1.165) is 0 Å². The van der Waals surface area contributed by atoms with Crippen molar-refractivity contribution in [2.75, 3.05) is 17.7 Å². The van der Waals surface area contributed by atoms with Crippen LogP contribution in [0.4, 0.5) is 16.2 Å². The number of benzene rings is 2. The summed E-state index contributed by atoms with van der Waals surface area (Å²) in [5.74, 6) is -0.445. The van der Waals surface area contributed by atoms with Crippen molar-refractivity contribution in [3.63, 3.8) is 0 Å². The number of anilines is 2. The molecule has 0 saturated carbocycles. The number of hydrogen-bond acceptors (Lipinski definition) is 3. The highest BCUT2D eigenvalue weighted by atomic mass is 35.5. The molecule has 0 aliphatic heterocycles. The number of hydrazine groups is 1. The van der Waals surface area contributed by atoms with E-state index in [2.05, 4.69) is 21.5 Å². The van der Waals surface area contributed by atoms with E-state index >= 15 is 0 Å². The lowest BCUT2D eigenvalue weighted by atomic mass is 10.1. The molecule has 2 aromatic carbocycles. The van der Waals surface area contributed by atoms with Gasteiger partial charge in [0.15, 0.2) is 0 Å². The second-order valence-electron chi connectivity index (χ2n) is 4.46. The van der Waals surface area contributed by atoms with Gasteiger partial charge in [-0.15, -0.1) is 0 Å². The first-order valence-electron chi connectivity index (χ1n) is 6.60. The van der Waals surface area contributed by atoms with Crippen LogP contribution in [0.3, 0.4) is 0 Å². The Hall–Kier alpha value is -2.44. The van der Waals surface area contributed by atoms with Gasteiger partial charge in [0.25, 0.3) is 5.91 Å². The number of carbonyl (C=O) groups excluding carboxylic acids is 2. The van der Waals surface area contributed by atoms with Crippen LogP contribution in [0.2, 0.25) is 10.0 Å². The molecule has 8 heteroatoms. The molecule has 2 rings (SSSR count).